The molecule has 0 aliphatic rings. The van der Waals surface area contributed by atoms with E-state index in [9.17, 15) is 8.42 Å². The molecule has 0 spiro atoms. The van der Waals surface area contributed by atoms with Crippen LogP contribution in [0.15, 0.2) is 17.0 Å². The van der Waals surface area contributed by atoms with Gasteiger partial charge in [0.15, 0.2) is 9.84 Å². The molecule has 0 aromatic heterocycles. The highest BCUT2D eigenvalue weighted by atomic mass is 32.2. The van der Waals surface area contributed by atoms with Crippen molar-refractivity contribution in [1.82, 2.24) is 0 Å². The van der Waals surface area contributed by atoms with Gasteiger partial charge in [-0.1, -0.05) is 6.07 Å². The molecule has 0 unspecified atom stereocenters. The van der Waals surface area contributed by atoms with Crippen LogP contribution >= 0.6 is 0 Å². The highest BCUT2D eigenvalue weighted by molar-refractivity contribution is 7.90. The fourth-order valence-corrected chi connectivity index (χ4v) is 2.23. The summed E-state index contributed by atoms with van der Waals surface area (Å²) >= 11 is 0. The molecule has 0 heterocycles. The first kappa shape index (κ1) is 10.1. The SMILES string of the molecule is Cc1ccc(S(C)(=O)=O)c(C)c1N. The summed E-state index contributed by atoms with van der Waals surface area (Å²) in [6, 6.07) is 3.31. The van der Waals surface area contributed by atoms with E-state index >= 15 is 0 Å². The summed E-state index contributed by atoms with van der Waals surface area (Å²) in [6.45, 7) is 3.58. The summed E-state index contributed by atoms with van der Waals surface area (Å²) in [7, 11) is -3.15. The Hall–Kier alpha value is -1.03. The molecular formula is C9H13NO2S. The molecule has 4 heteroatoms. The molecule has 0 aliphatic carbocycles. The van der Waals surface area contributed by atoms with Crippen LogP contribution in [0.3, 0.4) is 0 Å². The number of nitrogens with two attached hydrogens (primary N) is 1. The van der Waals surface area contributed by atoms with E-state index < -0.39 is 9.84 Å². The number of hydrogen-bond donors (Lipinski definition) is 1. The summed E-state index contributed by atoms with van der Waals surface area (Å²) in [4.78, 5) is 0.315. The van der Waals surface area contributed by atoms with Gasteiger partial charge in [0, 0.05) is 11.9 Å². The van der Waals surface area contributed by atoms with Gasteiger partial charge in [0.05, 0.1) is 4.90 Å². The molecule has 3 nitrogen and oxygen atoms in total. The minimum Gasteiger partial charge on any atom is -0.398 e. The minimum atomic E-state index is -3.15. The van der Waals surface area contributed by atoms with E-state index in [0.717, 1.165) is 5.56 Å². The molecule has 1 aromatic carbocycles. The molecule has 1 rings (SSSR count). The van der Waals surface area contributed by atoms with Crippen molar-refractivity contribution in [3.8, 4) is 0 Å². The highest BCUT2D eigenvalue weighted by Crippen LogP contribution is 2.23. The van der Waals surface area contributed by atoms with Crippen LogP contribution in [0.1, 0.15) is 11.1 Å². The first-order valence-electron chi connectivity index (χ1n) is 3.90. The van der Waals surface area contributed by atoms with E-state index in [1.54, 1.807) is 19.1 Å². The van der Waals surface area contributed by atoms with Crippen molar-refractivity contribution < 1.29 is 8.42 Å². The van der Waals surface area contributed by atoms with Gasteiger partial charge in [-0.3, -0.25) is 0 Å². The third-order valence-corrected chi connectivity index (χ3v) is 3.32. The van der Waals surface area contributed by atoms with Gasteiger partial charge in [0.2, 0.25) is 0 Å². The number of anilines is 1. The first-order chi connectivity index (χ1) is 5.84. The second kappa shape index (κ2) is 3.03. The van der Waals surface area contributed by atoms with Crippen LogP contribution in [-0.2, 0) is 9.84 Å². The Bertz CT molecular complexity index is 435. The van der Waals surface area contributed by atoms with Gasteiger partial charge in [-0.05, 0) is 31.0 Å². The van der Waals surface area contributed by atoms with Gasteiger partial charge in [0.25, 0.3) is 0 Å². The Labute approximate surface area is 78.5 Å². The predicted molar refractivity (Wildman–Crippen MR) is 53.4 cm³/mol. The van der Waals surface area contributed by atoms with Gasteiger partial charge in [-0.15, -0.1) is 0 Å². The Morgan fingerprint density at radius 1 is 1.23 bits per heavy atom. The summed E-state index contributed by atoms with van der Waals surface area (Å²) in [5, 5.41) is 0. The molecule has 13 heavy (non-hydrogen) atoms. The average molecular weight is 199 g/mol. The van der Waals surface area contributed by atoms with Crippen LogP contribution in [0.2, 0.25) is 0 Å². The van der Waals surface area contributed by atoms with E-state index in [4.69, 9.17) is 5.73 Å². The molecular weight excluding hydrogens is 186 g/mol. The van der Waals surface area contributed by atoms with Crippen LogP contribution < -0.4 is 5.73 Å². The van der Waals surface area contributed by atoms with Gasteiger partial charge in [-0.25, -0.2) is 8.42 Å². The van der Waals surface area contributed by atoms with Gasteiger partial charge in [0.1, 0.15) is 0 Å². The summed E-state index contributed by atoms with van der Waals surface area (Å²) in [6.07, 6.45) is 1.18. The van der Waals surface area contributed by atoms with Crippen LogP contribution in [0, 0.1) is 13.8 Å². The smallest absolute Gasteiger partial charge is 0.175 e. The van der Waals surface area contributed by atoms with Crippen molar-refractivity contribution in [2.45, 2.75) is 18.7 Å². The van der Waals surface area contributed by atoms with Crippen molar-refractivity contribution >= 4 is 15.5 Å². The lowest BCUT2D eigenvalue weighted by molar-refractivity contribution is 0.601. The second-order valence-corrected chi connectivity index (χ2v) is 5.18. The van der Waals surface area contributed by atoms with Crippen LogP contribution in [0.25, 0.3) is 0 Å². The van der Waals surface area contributed by atoms with Crippen molar-refractivity contribution in [2.75, 3.05) is 12.0 Å². The lowest BCUT2D eigenvalue weighted by Gasteiger charge is -2.08. The molecule has 0 radical (unpaired) electrons. The quantitative estimate of drug-likeness (QED) is 0.693. The fourth-order valence-electron chi connectivity index (χ4n) is 1.25. The summed E-state index contributed by atoms with van der Waals surface area (Å²) in [5.74, 6) is 0. The molecule has 0 atom stereocenters. The van der Waals surface area contributed by atoms with Crippen LogP contribution in [-0.4, -0.2) is 14.7 Å². The molecule has 0 saturated carbocycles. The molecule has 1 aromatic rings. The maximum absolute atomic E-state index is 11.3. The third kappa shape index (κ3) is 1.83. The molecule has 0 aliphatic heterocycles. The topological polar surface area (TPSA) is 60.2 Å². The summed E-state index contributed by atoms with van der Waals surface area (Å²) in [5.41, 5.74) is 7.82. The number of hydrogen-bond acceptors (Lipinski definition) is 3. The highest BCUT2D eigenvalue weighted by Gasteiger charge is 2.12. The van der Waals surface area contributed by atoms with E-state index in [1.165, 1.54) is 6.26 Å². The first-order valence-corrected chi connectivity index (χ1v) is 5.79. The third-order valence-electron chi connectivity index (χ3n) is 2.08. The zero-order chi connectivity index (χ0) is 10.2. The van der Waals surface area contributed by atoms with Gasteiger partial charge in [-0.2, -0.15) is 0 Å². The number of benzene rings is 1. The molecule has 0 saturated heterocycles. The largest absolute Gasteiger partial charge is 0.398 e. The molecule has 0 fully saturated rings. The zero-order valence-corrected chi connectivity index (χ0v) is 8.77. The van der Waals surface area contributed by atoms with E-state index in [-0.39, 0.29) is 0 Å². The normalized spacial score (nSPS) is 11.6. The number of aryl methyl sites for hydroxylation is 1. The Morgan fingerprint density at radius 3 is 2.23 bits per heavy atom. The fraction of sp³-hybridized carbons (Fsp3) is 0.333. The second-order valence-electron chi connectivity index (χ2n) is 3.19. The van der Waals surface area contributed by atoms with Crippen molar-refractivity contribution in [2.24, 2.45) is 0 Å². The molecule has 72 valence electrons. The van der Waals surface area contributed by atoms with E-state index in [2.05, 4.69) is 0 Å². The van der Waals surface area contributed by atoms with Crippen molar-refractivity contribution in [3.63, 3.8) is 0 Å². The van der Waals surface area contributed by atoms with E-state index in [0.29, 0.717) is 16.1 Å². The number of rotatable bonds is 1. The van der Waals surface area contributed by atoms with Crippen LogP contribution in [0.4, 0.5) is 5.69 Å². The minimum absolute atomic E-state index is 0.315. The Balaban J connectivity index is 3.53. The maximum atomic E-state index is 11.3. The predicted octanol–water partition coefficient (Wildman–Crippen LogP) is 1.29. The van der Waals surface area contributed by atoms with Gasteiger partial charge >= 0.3 is 0 Å². The van der Waals surface area contributed by atoms with Crippen molar-refractivity contribution in [3.05, 3.63) is 23.3 Å². The maximum Gasteiger partial charge on any atom is 0.175 e. The van der Waals surface area contributed by atoms with Crippen LogP contribution in [0.5, 0.6) is 0 Å². The van der Waals surface area contributed by atoms with Crippen molar-refractivity contribution in [1.29, 1.82) is 0 Å². The zero-order valence-electron chi connectivity index (χ0n) is 7.96. The molecule has 0 bridgehead atoms. The Kier molecular flexibility index (Phi) is 2.34. The monoisotopic (exact) mass is 199 g/mol. The summed E-state index contributed by atoms with van der Waals surface area (Å²) < 4.78 is 22.5. The molecule has 2 N–H and O–H groups in total. The van der Waals surface area contributed by atoms with E-state index in [1.807, 2.05) is 6.92 Å². The average Bonchev–Trinajstić information content (AvgIpc) is 1.98. The molecule has 0 amide bonds. The number of nitrogen functional groups attached to an aromatic ring is 1. The number of sulfone groups is 1. The lowest BCUT2D eigenvalue weighted by Crippen LogP contribution is -2.03. The standard InChI is InChI=1S/C9H13NO2S/c1-6-4-5-8(13(3,11)12)7(2)9(6)10/h4-5H,10H2,1-3H3. The van der Waals surface area contributed by atoms with Gasteiger partial charge < -0.3 is 5.73 Å². The lowest BCUT2D eigenvalue weighted by atomic mass is 10.1. The Morgan fingerprint density at radius 2 is 1.77 bits per heavy atom.